The van der Waals surface area contributed by atoms with Gasteiger partial charge in [-0.2, -0.15) is 0 Å². The van der Waals surface area contributed by atoms with Gasteiger partial charge in [-0.1, -0.05) is 24.1 Å². The summed E-state index contributed by atoms with van der Waals surface area (Å²) in [6.07, 6.45) is 2.12. The summed E-state index contributed by atoms with van der Waals surface area (Å²) in [6, 6.07) is 0. The molecular formula is C26H34O8. The van der Waals surface area contributed by atoms with Crippen LogP contribution >= 0.6 is 0 Å². The van der Waals surface area contributed by atoms with E-state index in [1.165, 1.54) is 20.8 Å². The maximum atomic E-state index is 12.5. The number of allylic oxidation sites excluding steroid dienone is 1. The van der Waals surface area contributed by atoms with Gasteiger partial charge in [-0.05, 0) is 44.8 Å². The molecule has 0 spiro atoms. The number of fused-ring (bicyclic) bond motifs is 2. The Balaban J connectivity index is 2.28. The van der Waals surface area contributed by atoms with E-state index in [1.54, 1.807) is 6.92 Å². The molecule has 0 aromatic heterocycles. The van der Waals surface area contributed by atoms with Gasteiger partial charge in [0.25, 0.3) is 0 Å². The zero-order chi connectivity index (χ0) is 25.4. The number of carbonyl (C=O) groups excluding carboxylic acids is 4. The van der Waals surface area contributed by atoms with Crippen molar-refractivity contribution < 1.29 is 38.1 Å². The van der Waals surface area contributed by atoms with E-state index in [0.717, 1.165) is 16.7 Å². The molecule has 0 saturated carbocycles. The predicted molar refractivity (Wildman–Crippen MR) is 122 cm³/mol. The molecule has 6 unspecified atom stereocenters. The van der Waals surface area contributed by atoms with Gasteiger partial charge in [0.05, 0.1) is 5.41 Å². The van der Waals surface area contributed by atoms with Crippen LogP contribution in [-0.2, 0) is 38.1 Å². The summed E-state index contributed by atoms with van der Waals surface area (Å²) < 4.78 is 23.1. The lowest BCUT2D eigenvalue weighted by Gasteiger charge is -2.51. The highest BCUT2D eigenvalue weighted by molar-refractivity contribution is 5.92. The normalized spacial score (nSPS) is 33.5. The summed E-state index contributed by atoms with van der Waals surface area (Å²) >= 11 is 0. The highest BCUT2D eigenvalue weighted by atomic mass is 16.6. The summed E-state index contributed by atoms with van der Waals surface area (Å²) in [4.78, 5) is 49.0. The third-order valence-electron chi connectivity index (χ3n) is 7.27. The molecule has 0 fully saturated rings. The first-order valence-corrected chi connectivity index (χ1v) is 11.6. The fourth-order valence-corrected chi connectivity index (χ4v) is 5.63. The first kappa shape index (κ1) is 25.7. The number of hydrogen-bond acceptors (Lipinski definition) is 8. The van der Waals surface area contributed by atoms with Crippen molar-refractivity contribution in [3.8, 4) is 0 Å². The van der Waals surface area contributed by atoms with Crippen LogP contribution in [0.2, 0.25) is 0 Å². The Morgan fingerprint density at radius 1 is 0.971 bits per heavy atom. The van der Waals surface area contributed by atoms with Gasteiger partial charge in [-0.3, -0.25) is 14.4 Å². The molecule has 0 aromatic carbocycles. The minimum Gasteiger partial charge on any atom is -0.461 e. The lowest BCUT2D eigenvalue weighted by atomic mass is 9.58. The van der Waals surface area contributed by atoms with Gasteiger partial charge in [-0.15, -0.1) is 0 Å². The van der Waals surface area contributed by atoms with E-state index in [9.17, 15) is 19.2 Å². The van der Waals surface area contributed by atoms with Crippen LogP contribution in [0.3, 0.4) is 0 Å². The van der Waals surface area contributed by atoms with Gasteiger partial charge in [0, 0.05) is 39.2 Å². The second-order valence-electron chi connectivity index (χ2n) is 9.78. The molecule has 8 heteroatoms. The first-order valence-electron chi connectivity index (χ1n) is 11.6. The Hall–Kier alpha value is -2.90. The Morgan fingerprint density at radius 2 is 1.59 bits per heavy atom. The fourth-order valence-electron chi connectivity index (χ4n) is 5.63. The van der Waals surface area contributed by atoms with Gasteiger partial charge in [0.1, 0.15) is 24.4 Å². The average Bonchev–Trinajstić information content (AvgIpc) is 2.96. The highest BCUT2D eigenvalue weighted by Gasteiger charge is 2.57. The lowest BCUT2D eigenvalue weighted by Crippen LogP contribution is -2.58. The molecule has 0 radical (unpaired) electrons. The van der Waals surface area contributed by atoms with Gasteiger partial charge < -0.3 is 18.9 Å². The van der Waals surface area contributed by atoms with Gasteiger partial charge >= 0.3 is 23.9 Å². The van der Waals surface area contributed by atoms with Crippen LogP contribution in [0.1, 0.15) is 67.7 Å². The summed E-state index contributed by atoms with van der Waals surface area (Å²) in [5.41, 5.74) is 2.30. The molecule has 0 amide bonds. The molecule has 1 heterocycles. The maximum absolute atomic E-state index is 12.5. The van der Waals surface area contributed by atoms with Crippen LogP contribution in [0.25, 0.3) is 0 Å². The molecule has 2 aliphatic carbocycles. The number of carbonyl (C=O) groups is 4. The summed E-state index contributed by atoms with van der Waals surface area (Å²) in [5, 5.41) is 0. The smallest absolute Gasteiger partial charge is 0.334 e. The van der Waals surface area contributed by atoms with Crippen molar-refractivity contribution in [3.63, 3.8) is 0 Å². The predicted octanol–water partition coefficient (Wildman–Crippen LogP) is 3.74. The third-order valence-corrected chi connectivity index (χ3v) is 7.27. The topological polar surface area (TPSA) is 105 Å². The monoisotopic (exact) mass is 474 g/mol. The van der Waals surface area contributed by atoms with Crippen molar-refractivity contribution in [1.29, 1.82) is 0 Å². The van der Waals surface area contributed by atoms with Crippen molar-refractivity contribution in [3.05, 3.63) is 34.4 Å². The van der Waals surface area contributed by atoms with Gasteiger partial charge in [0.2, 0.25) is 0 Å². The van der Waals surface area contributed by atoms with Crippen LogP contribution in [-0.4, -0.2) is 48.3 Å². The molecule has 0 N–H and O–H groups in total. The van der Waals surface area contributed by atoms with E-state index in [-0.39, 0.29) is 18.3 Å². The second-order valence-corrected chi connectivity index (χ2v) is 9.78. The standard InChI is InChI=1S/C26H34O8/c1-13-10-21-19(15(3)25(30)34-21)12-20-14(2)8-9-23(32-17(5)28)26(20,7)24(33-18(6)29)22(11-13)31-16(4)27/h8,10,20-24H,9,11-12H2,1-7H3. The van der Waals surface area contributed by atoms with Crippen LogP contribution < -0.4 is 0 Å². The Morgan fingerprint density at radius 3 is 2.18 bits per heavy atom. The summed E-state index contributed by atoms with van der Waals surface area (Å²) in [6.45, 7) is 11.5. The van der Waals surface area contributed by atoms with Crippen molar-refractivity contribution >= 4 is 23.9 Å². The molecule has 3 aliphatic rings. The Labute approximate surface area is 200 Å². The molecule has 186 valence electrons. The zero-order valence-corrected chi connectivity index (χ0v) is 20.9. The molecule has 8 nitrogen and oxygen atoms in total. The van der Waals surface area contributed by atoms with Crippen LogP contribution in [0.5, 0.6) is 0 Å². The SMILES string of the molecule is CC(=O)OC1CC(C)=CC2OC(=O)C(C)=C2CC2C(C)=CCC(OC(C)=O)C2(C)C1OC(C)=O. The Bertz CT molecular complexity index is 987. The molecule has 0 aromatic rings. The maximum Gasteiger partial charge on any atom is 0.334 e. The van der Waals surface area contributed by atoms with E-state index in [4.69, 9.17) is 18.9 Å². The number of rotatable bonds is 3. The number of hydrogen-bond donors (Lipinski definition) is 0. The number of ether oxygens (including phenoxy) is 4. The first-order chi connectivity index (χ1) is 15.8. The van der Waals surface area contributed by atoms with E-state index in [2.05, 4.69) is 0 Å². The molecular weight excluding hydrogens is 440 g/mol. The quantitative estimate of drug-likeness (QED) is 0.346. The van der Waals surface area contributed by atoms with Gasteiger partial charge in [0.15, 0.2) is 0 Å². The van der Waals surface area contributed by atoms with E-state index in [1.807, 2.05) is 32.9 Å². The van der Waals surface area contributed by atoms with Crippen LogP contribution in [0, 0.1) is 11.3 Å². The van der Waals surface area contributed by atoms with E-state index in [0.29, 0.717) is 18.4 Å². The average molecular weight is 475 g/mol. The molecule has 34 heavy (non-hydrogen) atoms. The second kappa shape index (κ2) is 9.76. The summed E-state index contributed by atoms with van der Waals surface area (Å²) in [5.74, 6) is -2.14. The molecule has 0 saturated heterocycles. The lowest BCUT2D eigenvalue weighted by molar-refractivity contribution is -0.200. The highest BCUT2D eigenvalue weighted by Crippen LogP contribution is 2.52. The Kier molecular flexibility index (Phi) is 7.38. The van der Waals surface area contributed by atoms with E-state index >= 15 is 0 Å². The molecule has 6 atom stereocenters. The largest absolute Gasteiger partial charge is 0.461 e. The third kappa shape index (κ3) is 4.95. The van der Waals surface area contributed by atoms with Crippen molar-refractivity contribution in [2.24, 2.45) is 11.3 Å². The van der Waals surface area contributed by atoms with Crippen molar-refractivity contribution in [2.45, 2.75) is 92.1 Å². The van der Waals surface area contributed by atoms with Crippen LogP contribution in [0.4, 0.5) is 0 Å². The molecule has 1 aliphatic heterocycles. The van der Waals surface area contributed by atoms with Crippen molar-refractivity contribution in [1.82, 2.24) is 0 Å². The van der Waals surface area contributed by atoms with Crippen LogP contribution in [0.15, 0.2) is 34.4 Å². The van der Waals surface area contributed by atoms with E-state index < -0.39 is 47.7 Å². The van der Waals surface area contributed by atoms with Crippen molar-refractivity contribution in [2.75, 3.05) is 0 Å². The van der Waals surface area contributed by atoms with Gasteiger partial charge in [-0.25, -0.2) is 4.79 Å². The summed E-state index contributed by atoms with van der Waals surface area (Å²) in [7, 11) is 0. The molecule has 3 rings (SSSR count). The minimum atomic E-state index is -0.947. The zero-order valence-electron chi connectivity index (χ0n) is 20.9. The minimum absolute atomic E-state index is 0.260. The number of esters is 4. The molecule has 0 bridgehead atoms. The fraction of sp³-hybridized carbons (Fsp3) is 0.615.